The van der Waals surface area contributed by atoms with E-state index in [0.29, 0.717) is 5.41 Å². The molecule has 0 bridgehead atoms. The molecule has 9 heavy (non-hydrogen) atoms. The molecule has 2 aliphatic carbocycles. The van der Waals surface area contributed by atoms with Gasteiger partial charge in [-0.2, -0.15) is 0 Å². The summed E-state index contributed by atoms with van der Waals surface area (Å²) in [5.41, 5.74) is 6.36. The molecule has 2 unspecified atom stereocenters. The van der Waals surface area contributed by atoms with Gasteiger partial charge in [0.1, 0.15) is 0 Å². The van der Waals surface area contributed by atoms with Crippen LogP contribution in [0.15, 0.2) is 0 Å². The van der Waals surface area contributed by atoms with Crippen molar-refractivity contribution >= 4 is 0 Å². The Morgan fingerprint density at radius 3 is 2.56 bits per heavy atom. The van der Waals surface area contributed by atoms with Crippen LogP contribution in [0.25, 0.3) is 0 Å². The van der Waals surface area contributed by atoms with Gasteiger partial charge >= 0.3 is 0 Å². The lowest BCUT2D eigenvalue weighted by molar-refractivity contribution is 0.0752. The Labute approximate surface area is 56.6 Å². The van der Waals surface area contributed by atoms with Crippen LogP contribution in [0.4, 0.5) is 0 Å². The average molecular weight is 125 g/mol. The van der Waals surface area contributed by atoms with Gasteiger partial charge in [0.2, 0.25) is 0 Å². The molecule has 0 heterocycles. The number of nitrogens with two attached hydrogens (primary N) is 1. The summed E-state index contributed by atoms with van der Waals surface area (Å²) in [6.45, 7) is 0.956. The molecule has 0 amide bonds. The van der Waals surface area contributed by atoms with Crippen LogP contribution in [-0.4, -0.2) is 6.54 Å². The summed E-state index contributed by atoms with van der Waals surface area (Å²) < 4.78 is 0. The van der Waals surface area contributed by atoms with Crippen LogP contribution < -0.4 is 5.73 Å². The molecule has 0 aliphatic heterocycles. The summed E-state index contributed by atoms with van der Waals surface area (Å²) in [6.07, 6.45) is 7.23. The Hall–Kier alpha value is -0.0400. The average Bonchev–Trinajstić information content (AvgIpc) is 2.10. The second-order valence-corrected chi connectivity index (χ2v) is 3.69. The fraction of sp³-hybridized carbons (Fsp3) is 1.00. The van der Waals surface area contributed by atoms with Gasteiger partial charge in [0, 0.05) is 0 Å². The largest absolute Gasteiger partial charge is 0.330 e. The normalized spacial score (nSPS) is 48.3. The van der Waals surface area contributed by atoms with Gasteiger partial charge in [0.25, 0.3) is 0 Å². The molecule has 2 atom stereocenters. The second kappa shape index (κ2) is 1.72. The smallest absolute Gasteiger partial charge is 0.00179 e. The lowest BCUT2D eigenvalue weighted by Crippen LogP contribution is -2.41. The molecule has 0 radical (unpaired) electrons. The van der Waals surface area contributed by atoms with Crippen molar-refractivity contribution in [2.24, 2.45) is 17.1 Å². The van der Waals surface area contributed by atoms with E-state index in [4.69, 9.17) is 5.73 Å². The third-order valence-corrected chi connectivity index (χ3v) is 3.49. The van der Waals surface area contributed by atoms with Gasteiger partial charge in [-0.05, 0) is 43.6 Å². The molecule has 0 aromatic rings. The van der Waals surface area contributed by atoms with Gasteiger partial charge in [0.15, 0.2) is 0 Å². The first-order chi connectivity index (χ1) is 4.37. The summed E-state index contributed by atoms with van der Waals surface area (Å²) in [7, 11) is 0. The third-order valence-electron chi connectivity index (χ3n) is 3.49. The van der Waals surface area contributed by atoms with Gasteiger partial charge in [-0.25, -0.2) is 0 Å². The topological polar surface area (TPSA) is 26.0 Å². The molecule has 0 aromatic heterocycles. The van der Waals surface area contributed by atoms with E-state index >= 15 is 0 Å². The molecule has 1 nitrogen and oxygen atoms in total. The van der Waals surface area contributed by atoms with Gasteiger partial charge in [-0.15, -0.1) is 0 Å². The number of rotatable bonds is 1. The van der Waals surface area contributed by atoms with E-state index in [9.17, 15) is 0 Å². The first-order valence-electron chi connectivity index (χ1n) is 4.07. The first-order valence-corrected chi connectivity index (χ1v) is 4.07. The maximum atomic E-state index is 5.71. The van der Waals surface area contributed by atoms with Gasteiger partial charge in [0.05, 0.1) is 0 Å². The highest BCUT2D eigenvalue weighted by molar-refractivity contribution is 5.00. The minimum Gasteiger partial charge on any atom is -0.330 e. The Morgan fingerprint density at radius 1 is 1.33 bits per heavy atom. The van der Waals surface area contributed by atoms with E-state index in [0.717, 1.165) is 12.5 Å². The minimum absolute atomic E-state index is 0.653. The SMILES string of the molecule is NCC12CCCC1CC2. The van der Waals surface area contributed by atoms with E-state index in [-0.39, 0.29) is 0 Å². The molecule has 2 aliphatic rings. The predicted octanol–water partition coefficient (Wildman–Crippen LogP) is 1.53. The maximum absolute atomic E-state index is 5.71. The molecule has 2 N–H and O–H groups in total. The van der Waals surface area contributed by atoms with Crippen LogP contribution in [0.2, 0.25) is 0 Å². The molecule has 2 rings (SSSR count). The van der Waals surface area contributed by atoms with Crippen molar-refractivity contribution in [1.29, 1.82) is 0 Å². The van der Waals surface area contributed by atoms with Crippen LogP contribution >= 0.6 is 0 Å². The Balaban J connectivity index is 2.10. The summed E-state index contributed by atoms with van der Waals surface area (Å²) >= 11 is 0. The van der Waals surface area contributed by atoms with Gasteiger partial charge in [-0.3, -0.25) is 0 Å². The van der Waals surface area contributed by atoms with Crippen LogP contribution in [0.3, 0.4) is 0 Å². The summed E-state index contributed by atoms with van der Waals surface area (Å²) in [6, 6.07) is 0. The van der Waals surface area contributed by atoms with Gasteiger partial charge < -0.3 is 5.73 Å². The summed E-state index contributed by atoms with van der Waals surface area (Å²) in [5, 5.41) is 0. The van der Waals surface area contributed by atoms with Crippen molar-refractivity contribution < 1.29 is 0 Å². The summed E-state index contributed by atoms with van der Waals surface area (Å²) in [4.78, 5) is 0. The molecule has 52 valence electrons. The van der Waals surface area contributed by atoms with Crippen molar-refractivity contribution in [3.05, 3.63) is 0 Å². The lowest BCUT2D eigenvalue weighted by atomic mass is 9.62. The zero-order valence-electron chi connectivity index (χ0n) is 5.90. The fourth-order valence-electron chi connectivity index (χ4n) is 2.61. The molecule has 1 heteroatoms. The van der Waals surface area contributed by atoms with Crippen LogP contribution in [0.5, 0.6) is 0 Å². The van der Waals surface area contributed by atoms with Gasteiger partial charge in [-0.1, -0.05) is 6.42 Å². The minimum atomic E-state index is 0.653. The highest BCUT2D eigenvalue weighted by atomic mass is 14.7. The molecule has 0 spiro atoms. The number of fused-ring (bicyclic) bond motifs is 1. The van der Waals surface area contributed by atoms with Crippen molar-refractivity contribution in [3.63, 3.8) is 0 Å². The second-order valence-electron chi connectivity index (χ2n) is 3.69. The van der Waals surface area contributed by atoms with Crippen LogP contribution in [-0.2, 0) is 0 Å². The highest BCUT2D eigenvalue weighted by Gasteiger charge is 2.48. The molecule has 0 saturated heterocycles. The maximum Gasteiger partial charge on any atom is -0.00179 e. The standard InChI is InChI=1S/C8H15N/c9-6-8-4-1-2-7(8)3-5-8/h7H,1-6,9H2. The van der Waals surface area contributed by atoms with Crippen molar-refractivity contribution in [1.82, 2.24) is 0 Å². The number of hydrogen-bond donors (Lipinski definition) is 1. The Bertz CT molecular complexity index is 118. The van der Waals surface area contributed by atoms with E-state index in [1.807, 2.05) is 0 Å². The molecule has 2 fully saturated rings. The lowest BCUT2D eigenvalue weighted by Gasteiger charge is -2.44. The van der Waals surface area contributed by atoms with Crippen molar-refractivity contribution in [3.8, 4) is 0 Å². The predicted molar refractivity (Wildman–Crippen MR) is 38.1 cm³/mol. The Morgan fingerprint density at radius 2 is 2.22 bits per heavy atom. The molecule has 0 aromatic carbocycles. The third kappa shape index (κ3) is 0.586. The fourth-order valence-corrected chi connectivity index (χ4v) is 2.61. The Kier molecular flexibility index (Phi) is 1.10. The summed E-state index contributed by atoms with van der Waals surface area (Å²) in [5.74, 6) is 1.03. The molecule has 2 saturated carbocycles. The van der Waals surface area contributed by atoms with E-state index in [1.165, 1.54) is 32.1 Å². The van der Waals surface area contributed by atoms with Crippen LogP contribution in [0, 0.1) is 11.3 Å². The van der Waals surface area contributed by atoms with Crippen molar-refractivity contribution in [2.45, 2.75) is 32.1 Å². The van der Waals surface area contributed by atoms with E-state index < -0.39 is 0 Å². The molecular weight excluding hydrogens is 110 g/mol. The zero-order valence-corrected chi connectivity index (χ0v) is 5.90. The van der Waals surface area contributed by atoms with E-state index in [1.54, 1.807) is 0 Å². The van der Waals surface area contributed by atoms with Crippen LogP contribution in [0.1, 0.15) is 32.1 Å². The molecular formula is C8H15N. The highest BCUT2D eigenvalue weighted by Crippen LogP contribution is 2.56. The van der Waals surface area contributed by atoms with E-state index in [2.05, 4.69) is 0 Å². The number of hydrogen-bond acceptors (Lipinski definition) is 1. The zero-order chi connectivity index (χ0) is 6.32. The monoisotopic (exact) mass is 125 g/mol. The quantitative estimate of drug-likeness (QED) is 0.565. The van der Waals surface area contributed by atoms with Crippen molar-refractivity contribution in [2.75, 3.05) is 6.54 Å². The first kappa shape index (κ1) is 5.72.